The summed E-state index contributed by atoms with van der Waals surface area (Å²) in [6, 6.07) is 7.66. The molecule has 0 atom stereocenters. The minimum Gasteiger partial charge on any atom is -0.377 e. The Labute approximate surface area is 70.5 Å². The van der Waals surface area contributed by atoms with Gasteiger partial charge < -0.3 is 9.94 Å². The number of hydroxylamine groups is 2. The molecular weight excluding hydrogens is 154 g/mol. The van der Waals surface area contributed by atoms with Crippen LogP contribution >= 0.6 is 0 Å². The van der Waals surface area contributed by atoms with E-state index in [9.17, 15) is 0 Å². The van der Waals surface area contributed by atoms with Gasteiger partial charge in [0.25, 0.3) is 0 Å². The van der Waals surface area contributed by atoms with E-state index in [4.69, 9.17) is 9.94 Å². The summed E-state index contributed by atoms with van der Waals surface area (Å²) in [7, 11) is 0. The normalized spacial score (nSPS) is 13.9. The molecule has 1 aromatic carbocycles. The van der Waals surface area contributed by atoms with E-state index in [2.05, 4.69) is 0 Å². The summed E-state index contributed by atoms with van der Waals surface area (Å²) in [5, 5.41) is 10.1. The van der Waals surface area contributed by atoms with Crippen molar-refractivity contribution < 1.29 is 9.94 Å². The number of fused-ring (bicyclic) bond motifs is 1. The molecule has 3 nitrogen and oxygen atoms in total. The molecule has 0 aromatic heterocycles. The lowest BCUT2D eigenvalue weighted by molar-refractivity contribution is -0.0721. The number of benzene rings is 1. The van der Waals surface area contributed by atoms with Crippen molar-refractivity contribution in [3.05, 3.63) is 36.0 Å². The van der Waals surface area contributed by atoms with E-state index in [1.54, 1.807) is 6.20 Å². The minimum atomic E-state index is -0.134. The highest BCUT2D eigenvalue weighted by molar-refractivity contribution is 5.58. The summed E-state index contributed by atoms with van der Waals surface area (Å²) < 4.78 is 0. The zero-order chi connectivity index (χ0) is 8.39. The maximum Gasteiger partial charge on any atom is 0.162 e. The molecule has 0 aliphatic carbocycles. The van der Waals surface area contributed by atoms with Gasteiger partial charge in [-0.1, -0.05) is 18.2 Å². The van der Waals surface area contributed by atoms with Crippen molar-refractivity contribution in [2.24, 2.45) is 0 Å². The number of hydrogen-bond donors (Lipinski definition) is 1. The summed E-state index contributed by atoms with van der Waals surface area (Å²) in [5.41, 5.74) is 1.03. The molecule has 1 N–H and O–H groups in total. The summed E-state index contributed by atoms with van der Waals surface area (Å²) in [5.74, 6) is 0.772. The van der Waals surface area contributed by atoms with Crippen LogP contribution in [0.2, 0.25) is 0 Å². The lowest BCUT2D eigenvalue weighted by Crippen LogP contribution is -2.24. The molecule has 0 bridgehead atoms. The average molecular weight is 163 g/mol. The van der Waals surface area contributed by atoms with E-state index >= 15 is 0 Å². The Morgan fingerprint density at radius 2 is 2.17 bits per heavy atom. The van der Waals surface area contributed by atoms with Gasteiger partial charge in [0.1, 0.15) is 6.73 Å². The van der Waals surface area contributed by atoms with Gasteiger partial charge in [-0.15, -0.1) is 0 Å². The van der Waals surface area contributed by atoms with Gasteiger partial charge >= 0.3 is 0 Å². The van der Waals surface area contributed by atoms with Crippen LogP contribution in [0.3, 0.4) is 0 Å². The molecule has 0 fully saturated rings. The first-order valence-electron chi connectivity index (χ1n) is 3.73. The van der Waals surface area contributed by atoms with Gasteiger partial charge in [-0.2, -0.15) is 5.06 Å². The molecular formula is C9H9NO2. The smallest absolute Gasteiger partial charge is 0.162 e. The molecule has 0 saturated carbocycles. The maximum absolute atomic E-state index is 8.77. The fraction of sp³-hybridized carbons (Fsp3) is 0.111. The Morgan fingerprint density at radius 3 is 3.00 bits per heavy atom. The van der Waals surface area contributed by atoms with Crippen molar-refractivity contribution in [2.75, 3.05) is 6.73 Å². The van der Waals surface area contributed by atoms with Gasteiger partial charge in [-0.25, -0.2) is 0 Å². The van der Waals surface area contributed by atoms with E-state index in [-0.39, 0.29) is 6.73 Å². The fourth-order valence-electron chi connectivity index (χ4n) is 1.10. The van der Waals surface area contributed by atoms with E-state index in [1.807, 2.05) is 30.3 Å². The van der Waals surface area contributed by atoms with Gasteiger partial charge in [-0.3, -0.25) is 0 Å². The van der Waals surface area contributed by atoms with Gasteiger partial charge in [0, 0.05) is 11.8 Å². The van der Waals surface area contributed by atoms with Crippen molar-refractivity contribution in [3.63, 3.8) is 0 Å². The second kappa shape index (κ2) is 2.87. The maximum atomic E-state index is 8.77. The SMILES string of the molecule is OCN1C=Cc2ccccc2O1. The lowest BCUT2D eigenvalue weighted by Gasteiger charge is -2.22. The predicted octanol–water partition coefficient (Wildman–Crippen LogP) is 1.22. The quantitative estimate of drug-likeness (QED) is 0.675. The molecule has 1 aliphatic rings. The molecule has 0 unspecified atom stereocenters. The summed E-state index contributed by atoms with van der Waals surface area (Å²) in [6.45, 7) is -0.134. The van der Waals surface area contributed by atoms with E-state index < -0.39 is 0 Å². The van der Waals surface area contributed by atoms with Gasteiger partial charge in [0.15, 0.2) is 5.75 Å². The topological polar surface area (TPSA) is 32.7 Å². The third-order valence-electron chi connectivity index (χ3n) is 1.69. The number of aliphatic hydroxyl groups is 1. The number of rotatable bonds is 1. The fourth-order valence-corrected chi connectivity index (χ4v) is 1.10. The standard InChI is InChI=1S/C9H9NO2/c11-7-10-6-5-8-3-1-2-4-9(8)12-10/h1-6,11H,7H2. The van der Waals surface area contributed by atoms with Gasteiger partial charge in [-0.05, 0) is 12.1 Å². The highest BCUT2D eigenvalue weighted by Gasteiger charge is 2.08. The second-order valence-electron chi connectivity index (χ2n) is 2.50. The number of aliphatic hydroxyl groups excluding tert-OH is 1. The lowest BCUT2D eigenvalue weighted by atomic mass is 10.2. The first kappa shape index (κ1) is 7.18. The second-order valence-corrected chi connectivity index (χ2v) is 2.50. The largest absolute Gasteiger partial charge is 0.377 e. The number of nitrogens with zero attached hydrogens (tertiary/aromatic N) is 1. The van der Waals surface area contributed by atoms with Crippen LogP contribution in [-0.2, 0) is 0 Å². The molecule has 1 aromatic rings. The molecule has 0 saturated heterocycles. The van der Waals surface area contributed by atoms with Crippen LogP contribution in [0.15, 0.2) is 30.5 Å². The molecule has 0 spiro atoms. The Kier molecular flexibility index (Phi) is 1.72. The van der Waals surface area contributed by atoms with Crippen molar-refractivity contribution in [1.82, 2.24) is 5.06 Å². The zero-order valence-corrected chi connectivity index (χ0v) is 6.47. The zero-order valence-electron chi connectivity index (χ0n) is 6.47. The predicted molar refractivity (Wildman–Crippen MR) is 45.0 cm³/mol. The van der Waals surface area contributed by atoms with Crippen LogP contribution in [-0.4, -0.2) is 16.9 Å². The molecule has 12 heavy (non-hydrogen) atoms. The average Bonchev–Trinajstić information content (AvgIpc) is 2.17. The molecule has 0 radical (unpaired) electrons. The monoisotopic (exact) mass is 163 g/mol. The van der Waals surface area contributed by atoms with Crippen molar-refractivity contribution in [3.8, 4) is 5.75 Å². The van der Waals surface area contributed by atoms with E-state index in [1.165, 1.54) is 5.06 Å². The third kappa shape index (κ3) is 1.14. The summed E-state index contributed by atoms with van der Waals surface area (Å²) in [6.07, 6.45) is 3.59. The number of para-hydroxylation sites is 1. The highest BCUT2D eigenvalue weighted by atomic mass is 16.7. The van der Waals surface area contributed by atoms with Crippen molar-refractivity contribution in [1.29, 1.82) is 0 Å². The van der Waals surface area contributed by atoms with Gasteiger partial charge in [0.2, 0.25) is 0 Å². The molecule has 0 amide bonds. The van der Waals surface area contributed by atoms with Crippen LogP contribution < -0.4 is 4.84 Å². The Bertz CT molecular complexity index is 309. The van der Waals surface area contributed by atoms with Crippen LogP contribution in [0, 0.1) is 0 Å². The highest BCUT2D eigenvalue weighted by Crippen LogP contribution is 2.23. The van der Waals surface area contributed by atoms with Crippen molar-refractivity contribution >= 4 is 6.08 Å². The Balaban J connectivity index is 2.33. The van der Waals surface area contributed by atoms with Crippen LogP contribution in [0.1, 0.15) is 5.56 Å². The molecule has 2 rings (SSSR count). The van der Waals surface area contributed by atoms with E-state index in [0.717, 1.165) is 11.3 Å². The van der Waals surface area contributed by atoms with Crippen molar-refractivity contribution in [2.45, 2.75) is 0 Å². The summed E-state index contributed by atoms with van der Waals surface area (Å²) in [4.78, 5) is 5.28. The Hall–Kier alpha value is -1.48. The molecule has 3 heteroatoms. The number of hydrogen-bond acceptors (Lipinski definition) is 3. The van der Waals surface area contributed by atoms with Crippen LogP contribution in [0.5, 0.6) is 5.75 Å². The van der Waals surface area contributed by atoms with Crippen LogP contribution in [0.4, 0.5) is 0 Å². The molecule has 1 aliphatic heterocycles. The Morgan fingerprint density at radius 1 is 1.33 bits per heavy atom. The molecule has 62 valence electrons. The first-order chi connectivity index (χ1) is 5.90. The minimum absolute atomic E-state index is 0.134. The van der Waals surface area contributed by atoms with Crippen LogP contribution in [0.25, 0.3) is 6.08 Å². The third-order valence-corrected chi connectivity index (χ3v) is 1.69. The van der Waals surface area contributed by atoms with E-state index in [0.29, 0.717) is 0 Å². The first-order valence-corrected chi connectivity index (χ1v) is 3.73. The summed E-state index contributed by atoms with van der Waals surface area (Å²) >= 11 is 0. The van der Waals surface area contributed by atoms with Gasteiger partial charge in [0.05, 0.1) is 0 Å². The molecule has 1 heterocycles.